The quantitative estimate of drug-likeness (QED) is 0.243. The second-order valence-electron chi connectivity index (χ2n) is 5.89. The molecule has 1 aromatic rings. The maximum Gasteiger partial charge on any atom is 0.338 e. The lowest BCUT2D eigenvalue weighted by Crippen LogP contribution is -2.38. The van der Waals surface area contributed by atoms with E-state index in [1.807, 2.05) is 6.92 Å². The molecule has 0 N–H and O–H groups in total. The minimum absolute atomic E-state index is 0.286. The summed E-state index contributed by atoms with van der Waals surface area (Å²) >= 11 is 0. The average Bonchev–Trinajstić information content (AvgIpc) is 2.89. The third kappa shape index (κ3) is 5.44. The number of nitrogens with zero attached hydrogens (tertiary/aromatic N) is 3. The highest BCUT2D eigenvalue weighted by molar-refractivity contribution is 5.89. The lowest BCUT2D eigenvalue weighted by molar-refractivity contribution is -0.195. The van der Waals surface area contributed by atoms with Crippen LogP contribution >= 0.6 is 0 Å². The van der Waals surface area contributed by atoms with Crippen molar-refractivity contribution in [2.24, 2.45) is 5.11 Å². The van der Waals surface area contributed by atoms with Crippen molar-refractivity contribution in [1.82, 2.24) is 0 Å². The van der Waals surface area contributed by atoms with Crippen molar-refractivity contribution in [2.45, 2.75) is 45.3 Å². The fourth-order valence-corrected chi connectivity index (χ4v) is 2.55. The fraction of sp³-hybridized carbons (Fsp3) is 0.471. The first-order valence-electron chi connectivity index (χ1n) is 8.09. The van der Waals surface area contributed by atoms with Gasteiger partial charge in [-0.15, -0.1) is 0 Å². The van der Waals surface area contributed by atoms with Crippen LogP contribution in [0.25, 0.3) is 10.4 Å². The zero-order valence-corrected chi connectivity index (χ0v) is 15.0. The maximum atomic E-state index is 12.1. The number of rotatable bonds is 6. The van der Waals surface area contributed by atoms with Gasteiger partial charge in [0, 0.05) is 18.8 Å². The number of ether oxygens (including phenoxy) is 4. The number of aryl methyl sites for hydroxylation is 1. The Bertz CT molecular complexity index is 758. The minimum Gasteiger partial charge on any atom is -0.459 e. The van der Waals surface area contributed by atoms with Gasteiger partial charge in [-0.25, -0.2) is 4.79 Å². The predicted octanol–water partition coefficient (Wildman–Crippen LogP) is 2.05. The van der Waals surface area contributed by atoms with Gasteiger partial charge < -0.3 is 18.9 Å². The summed E-state index contributed by atoms with van der Waals surface area (Å²) in [6, 6.07) is 5.72. The topological polar surface area (TPSA) is 137 Å². The van der Waals surface area contributed by atoms with Gasteiger partial charge >= 0.3 is 17.9 Å². The second kappa shape index (κ2) is 9.02. The summed E-state index contributed by atoms with van der Waals surface area (Å²) < 4.78 is 20.8. The summed E-state index contributed by atoms with van der Waals surface area (Å²) in [7, 11) is 0. The average molecular weight is 377 g/mol. The van der Waals surface area contributed by atoms with Gasteiger partial charge in [0.15, 0.2) is 6.10 Å². The largest absolute Gasteiger partial charge is 0.459 e. The number of hydrogen-bond donors (Lipinski definition) is 0. The second-order valence-corrected chi connectivity index (χ2v) is 5.89. The van der Waals surface area contributed by atoms with E-state index < -0.39 is 42.4 Å². The Hall–Kier alpha value is -3.10. The molecule has 1 heterocycles. The molecule has 0 aromatic heterocycles. The molecule has 0 aliphatic carbocycles. The van der Waals surface area contributed by atoms with E-state index in [9.17, 15) is 14.4 Å². The number of azide groups is 1. The molecule has 0 radical (unpaired) electrons. The monoisotopic (exact) mass is 377 g/mol. The molecule has 4 atom stereocenters. The fourth-order valence-electron chi connectivity index (χ4n) is 2.55. The molecule has 1 saturated heterocycles. The number of carbonyl (C=O) groups is 3. The Morgan fingerprint density at radius 1 is 1.15 bits per heavy atom. The van der Waals surface area contributed by atoms with Crippen LogP contribution < -0.4 is 0 Å². The summed E-state index contributed by atoms with van der Waals surface area (Å²) in [5, 5.41) is 3.56. The van der Waals surface area contributed by atoms with E-state index in [2.05, 4.69) is 10.0 Å². The van der Waals surface area contributed by atoms with Crippen molar-refractivity contribution >= 4 is 17.9 Å². The number of benzene rings is 1. The number of hydrogen-bond acceptors (Lipinski definition) is 8. The van der Waals surface area contributed by atoms with Crippen molar-refractivity contribution in [3.8, 4) is 0 Å². The van der Waals surface area contributed by atoms with E-state index in [-0.39, 0.29) is 6.61 Å². The molecular formula is C17H19N3O7. The summed E-state index contributed by atoms with van der Waals surface area (Å²) in [6.45, 7) is 3.91. The van der Waals surface area contributed by atoms with Crippen LogP contribution in [0, 0.1) is 6.92 Å². The Labute approximate surface area is 155 Å². The number of esters is 3. The molecule has 2 rings (SSSR count). The van der Waals surface area contributed by atoms with Gasteiger partial charge in [-0.1, -0.05) is 22.8 Å². The number of carbonyl (C=O) groups excluding carboxylic acids is 3. The van der Waals surface area contributed by atoms with E-state index in [0.29, 0.717) is 5.56 Å². The standard InChI is InChI=1S/C17H19N3O7/c1-9-4-6-12(7-5-9)16(23)24-8-13-14(19-20-18)15(25-10(2)21)17(27-13)26-11(3)22/h4-7,13-15,17H,8H2,1-3H3/t13-,14-,15-,17-/m1/s1. The smallest absolute Gasteiger partial charge is 0.338 e. The van der Waals surface area contributed by atoms with Gasteiger partial charge in [0.2, 0.25) is 6.29 Å². The first kappa shape index (κ1) is 20.2. The SMILES string of the molecule is CC(=O)O[C@@H]1O[C@H](COC(=O)c2ccc(C)cc2)[C@@H](N=[N+]=[N-])[C@H]1OC(C)=O. The molecule has 0 unspecified atom stereocenters. The minimum atomic E-state index is -1.27. The molecule has 1 aliphatic heterocycles. The lowest BCUT2D eigenvalue weighted by atomic mass is 10.1. The first-order valence-corrected chi connectivity index (χ1v) is 8.09. The van der Waals surface area contributed by atoms with Crippen LogP contribution in [0.4, 0.5) is 0 Å². The van der Waals surface area contributed by atoms with E-state index in [1.54, 1.807) is 24.3 Å². The molecule has 10 heteroatoms. The summed E-state index contributed by atoms with van der Waals surface area (Å²) in [6.07, 6.45) is -3.38. The van der Waals surface area contributed by atoms with Crippen LogP contribution in [0.1, 0.15) is 29.8 Å². The van der Waals surface area contributed by atoms with Crippen molar-refractivity contribution in [3.05, 3.63) is 45.8 Å². The van der Waals surface area contributed by atoms with Gasteiger partial charge in [-0.05, 0) is 24.6 Å². The highest BCUT2D eigenvalue weighted by Gasteiger charge is 2.49. The summed E-state index contributed by atoms with van der Waals surface area (Å²) in [5.74, 6) is -1.94. The van der Waals surface area contributed by atoms with Crippen molar-refractivity contribution in [2.75, 3.05) is 6.61 Å². The molecule has 0 amide bonds. The highest BCUT2D eigenvalue weighted by atomic mass is 16.7. The Morgan fingerprint density at radius 2 is 1.78 bits per heavy atom. The highest BCUT2D eigenvalue weighted by Crippen LogP contribution is 2.28. The molecule has 144 valence electrons. The molecule has 1 aromatic carbocycles. The molecule has 0 spiro atoms. The predicted molar refractivity (Wildman–Crippen MR) is 90.4 cm³/mol. The lowest BCUT2D eigenvalue weighted by Gasteiger charge is -2.19. The zero-order chi connectivity index (χ0) is 20.0. The van der Waals surface area contributed by atoms with Gasteiger partial charge in [0.1, 0.15) is 18.8 Å². The van der Waals surface area contributed by atoms with E-state index in [4.69, 9.17) is 24.5 Å². The first-order chi connectivity index (χ1) is 12.8. The molecule has 0 bridgehead atoms. The van der Waals surface area contributed by atoms with E-state index >= 15 is 0 Å². The van der Waals surface area contributed by atoms with Crippen LogP contribution in [-0.2, 0) is 28.5 Å². The maximum absolute atomic E-state index is 12.1. The van der Waals surface area contributed by atoms with Crippen molar-refractivity contribution in [3.63, 3.8) is 0 Å². The molecule has 1 aliphatic rings. The summed E-state index contributed by atoms with van der Waals surface area (Å²) in [4.78, 5) is 37.4. The van der Waals surface area contributed by atoms with Crippen LogP contribution in [0.2, 0.25) is 0 Å². The molecule has 1 fully saturated rings. The molecule has 10 nitrogen and oxygen atoms in total. The van der Waals surface area contributed by atoms with Gasteiger partial charge in [-0.2, -0.15) is 0 Å². The molecule has 0 saturated carbocycles. The zero-order valence-electron chi connectivity index (χ0n) is 15.0. The summed E-state index contributed by atoms with van der Waals surface area (Å²) in [5.41, 5.74) is 10.1. The molecular weight excluding hydrogens is 358 g/mol. The van der Waals surface area contributed by atoms with E-state index in [0.717, 1.165) is 19.4 Å². The molecule has 27 heavy (non-hydrogen) atoms. The Kier molecular flexibility index (Phi) is 6.75. The Morgan fingerprint density at radius 3 is 2.33 bits per heavy atom. The van der Waals surface area contributed by atoms with Gasteiger partial charge in [0.25, 0.3) is 0 Å². The van der Waals surface area contributed by atoms with Crippen LogP contribution in [0.15, 0.2) is 29.4 Å². The third-order valence-electron chi connectivity index (χ3n) is 3.73. The van der Waals surface area contributed by atoms with Gasteiger partial charge in [-0.3, -0.25) is 9.59 Å². The van der Waals surface area contributed by atoms with Crippen molar-refractivity contribution in [1.29, 1.82) is 0 Å². The van der Waals surface area contributed by atoms with Crippen molar-refractivity contribution < 1.29 is 33.3 Å². The normalized spacial score (nSPS) is 23.8. The van der Waals surface area contributed by atoms with Gasteiger partial charge in [0.05, 0.1) is 5.56 Å². The van der Waals surface area contributed by atoms with Crippen LogP contribution in [0.3, 0.4) is 0 Å². The van der Waals surface area contributed by atoms with E-state index in [1.165, 1.54) is 0 Å². The van der Waals surface area contributed by atoms with Crippen LogP contribution in [0.5, 0.6) is 0 Å². The third-order valence-corrected chi connectivity index (χ3v) is 3.73. The Balaban J connectivity index is 2.11. The van der Waals surface area contributed by atoms with Crippen LogP contribution in [-0.4, -0.2) is 49.1 Å².